The second-order valence-corrected chi connectivity index (χ2v) is 12.1. The topological polar surface area (TPSA) is 56.4 Å². The zero-order chi connectivity index (χ0) is 32.2. The summed E-state index contributed by atoms with van der Waals surface area (Å²) in [5, 5.41) is 19.3. The standard InChI is InChI=1S/C24H34N4S2.2C7H7.Zr/c1-17-11-9-12-18(2)21(17)27-23(29-5)25-15-7-8-16-26-24(30-6)28-22-19(3)13-10-14-20(22)4;2*1-7-5-3-2-4-6-7;/h9-14,23-24H,7-8,15-16H2,1-6H3;2*2-6H,1H2;/q-4;2*-1;. The second-order valence-electron chi connectivity index (χ2n) is 10.4. The molecule has 7 heteroatoms. The number of benzene rings is 4. The molecule has 2 unspecified atom stereocenters. The Morgan fingerprint density at radius 1 is 0.511 bits per heavy atom. The van der Waals surface area contributed by atoms with Crippen molar-refractivity contribution >= 4 is 34.9 Å². The number of unbranched alkanes of at least 4 members (excludes halogenated alkanes) is 1. The molecule has 0 aliphatic carbocycles. The van der Waals surface area contributed by atoms with E-state index < -0.39 is 0 Å². The van der Waals surface area contributed by atoms with Crippen LogP contribution in [0.4, 0.5) is 11.4 Å². The van der Waals surface area contributed by atoms with E-state index in [1.807, 2.05) is 60.7 Å². The van der Waals surface area contributed by atoms with Crippen LogP contribution in [0, 0.1) is 41.5 Å². The van der Waals surface area contributed by atoms with Crippen molar-refractivity contribution in [2.75, 3.05) is 25.6 Å². The Labute approximate surface area is 301 Å². The molecule has 0 aliphatic heterocycles. The predicted octanol–water partition coefficient (Wildman–Crippen LogP) is 12.2. The van der Waals surface area contributed by atoms with Gasteiger partial charge < -0.3 is 21.3 Å². The SMILES string of the molecule is CSC([N-]CCCC[N-]C([N-]c1c(C)cccc1C)SC)[N-]c1c(C)cccc1C.[CH2-]c1ccccc1.[CH2-]c1ccccc1.[Zr]. The van der Waals surface area contributed by atoms with E-state index in [0.29, 0.717) is 0 Å². The van der Waals surface area contributed by atoms with E-state index in [2.05, 4.69) is 90.5 Å². The van der Waals surface area contributed by atoms with Crippen LogP contribution in [-0.2, 0) is 26.2 Å². The molecule has 0 radical (unpaired) electrons. The van der Waals surface area contributed by atoms with Crippen LogP contribution in [0.25, 0.3) is 21.3 Å². The van der Waals surface area contributed by atoms with Gasteiger partial charge in [0.25, 0.3) is 0 Å². The molecule has 242 valence electrons. The maximum Gasteiger partial charge on any atom is 0 e. The zero-order valence-electron chi connectivity index (χ0n) is 27.7. The van der Waals surface area contributed by atoms with Gasteiger partial charge in [-0.05, 0) is 40.2 Å². The Hall–Kier alpha value is -2.28. The summed E-state index contributed by atoms with van der Waals surface area (Å²) in [5.41, 5.74) is 9.04. The van der Waals surface area contributed by atoms with Crippen LogP contribution < -0.4 is 0 Å². The summed E-state index contributed by atoms with van der Waals surface area (Å²) in [4.78, 5) is 0. The third kappa shape index (κ3) is 16.7. The maximum absolute atomic E-state index is 4.85. The molecule has 0 N–H and O–H groups in total. The molecule has 2 atom stereocenters. The van der Waals surface area contributed by atoms with Crippen molar-refractivity contribution in [1.29, 1.82) is 0 Å². The minimum absolute atomic E-state index is 0. The van der Waals surface area contributed by atoms with Crippen LogP contribution in [0.15, 0.2) is 97.1 Å². The van der Waals surface area contributed by atoms with Gasteiger partial charge in [0.2, 0.25) is 0 Å². The monoisotopic (exact) mass is 714 g/mol. The molecule has 0 bridgehead atoms. The molecule has 0 fully saturated rings. The van der Waals surface area contributed by atoms with Crippen molar-refractivity contribution in [3.8, 4) is 0 Å². The summed E-state index contributed by atoms with van der Waals surface area (Å²) in [6, 6.07) is 32.3. The van der Waals surface area contributed by atoms with E-state index in [4.69, 9.17) is 21.3 Å². The number of thioether (sulfide) groups is 2. The van der Waals surface area contributed by atoms with Gasteiger partial charge in [-0.15, -0.1) is 48.7 Å². The summed E-state index contributed by atoms with van der Waals surface area (Å²) >= 11 is 3.37. The van der Waals surface area contributed by atoms with Gasteiger partial charge in [-0.1, -0.05) is 83.6 Å². The van der Waals surface area contributed by atoms with Gasteiger partial charge in [-0.25, -0.2) is 23.5 Å². The zero-order valence-corrected chi connectivity index (χ0v) is 31.8. The van der Waals surface area contributed by atoms with E-state index in [-0.39, 0.29) is 37.2 Å². The molecule has 0 aliphatic rings. The minimum Gasteiger partial charge on any atom is -0.691 e. The van der Waals surface area contributed by atoms with Crippen LogP contribution in [0.5, 0.6) is 0 Å². The third-order valence-corrected chi connectivity index (χ3v) is 7.95. The van der Waals surface area contributed by atoms with Gasteiger partial charge in [0.1, 0.15) is 0 Å². The number of aryl methyl sites for hydroxylation is 4. The van der Waals surface area contributed by atoms with Crippen molar-refractivity contribution < 1.29 is 26.2 Å². The van der Waals surface area contributed by atoms with Crippen molar-refractivity contribution in [2.45, 2.75) is 51.5 Å². The van der Waals surface area contributed by atoms with E-state index in [9.17, 15) is 0 Å². The molecule has 4 aromatic rings. The van der Waals surface area contributed by atoms with Gasteiger partial charge in [-0.2, -0.15) is 60.2 Å². The minimum atomic E-state index is -0.0419. The first kappa shape index (κ1) is 40.7. The van der Waals surface area contributed by atoms with Gasteiger partial charge in [0.15, 0.2) is 0 Å². The molecule has 0 saturated heterocycles. The number of para-hydroxylation sites is 2. The molecule has 0 amide bonds. The smallest absolute Gasteiger partial charge is 0 e. The Balaban J connectivity index is 0.000000548. The quantitative estimate of drug-likeness (QED) is 0.102. The van der Waals surface area contributed by atoms with Crippen molar-refractivity contribution in [3.05, 3.63) is 166 Å². The number of rotatable bonds is 13. The van der Waals surface area contributed by atoms with Gasteiger partial charge in [0.05, 0.1) is 0 Å². The fourth-order valence-electron chi connectivity index (χ4n) is 4.16. The van der Waals surface area contributed by atoms with E-state index in [1.165, 1.54) is 22.3 Å². The van der Waals surface area contributed by atoms with Crippen molar-refractivity contribution in [3.63, 3.8) is 0 Å². The van der Waals surface area contributed by atoms with Crippen LogP contribution >= 0.6 is 23.5 Å². The van der Waals surface area contributed by atoms with Gasteiger partial charge in [0, 0.05) is 26.2 Å². The second kappa shape index (κ2) is 24.0. The average Bonchev–Trinajstić information content (AvgIpc) is 3.02. The first-order valence-electron chi connectivity index (χ1n) is 14.9. The summed E-state index contributed by atoms with van der Waals surface area (Å²) in [7, 11) is 0. The van der Waals surface area contributed by atoms with Crippen molar-refractivity contribution in [1.82, 2.24) is 0 Å². The van der Waals surface area contributed by atoms with Crippen LogP contribution in [0.3, 0.4) is 0 Å². The van der Waals surface area contributed by atoms with E-state index in [1.54, 1.807) is 23.5 Å². The normalized spacial score (nSPS) is 11.4. The average molecular weight is 716 g/mol. The summed E-state index contributed by atoms with van der Waals surface area (Å²) in [6.07, 6.45) is 6.18. The van der Waals surface area contributed by atoms with Gasteiger partial charge in [-0.3, -0.25) is 0 Å². The fourth-order valence-corrected chi connectivity index (χ4v) is 5.09. The number of hydrogen-bond donors (Lipinski definition) is 0. The molecule has 4 nitrogen and oxygen atoms in total. The first-order valence-corrected chi connectivity index (χ1v) is 17.5. The Kier molecular flexibility index (Phi) is 21.7. The van der Waals surface area contributed by atoms with Crippen LogP contribution in [0.2, 0.25) is 0 Å². The first-order chi connectivity index (χ1) is 21.2. The Morgan fingerprint density at radius 3 is 1.07 bits per heavy atom. The molecular formula is C38H48N4S2Zr-6. The molecule has 4 rings (SSSR count). The number of nitrogens with zero attached hydrogens (tertiary/aromatic N) is 4. The van der Waals surface area contributed by atoms with Crippen LogP contribution in [0.1, 0.15) is 46.2 Å². The van der Waals surface area contributed by atoms with Crippen molar-refractivity contribution in [2.24, 2.45) is 0 Å². The maximum atomic E-state index is 4.85. The molecule has 45 heavy (non-hydrogen) atoms. The summed E-state index contributed by atoms with van der Waals surface area (Å²) in [5.74, 6) is 0. The Morgan fingerprint density at radius 2 is 0.822 bits per heavy atom. The van der Waals surface area contributed by atoms with E-state index in [0.717, 1.165) is 48.4 Å². The third-order valence-electron chi connectivity index (χ3n) is 6.60. The van der Waals surface area contributed by atoms with Crippen LogP contribution in [-0.4, -0.2) is 36.6 Å². The largest absolute Gasteiger partial charge is 0.691 e. The summed E-state index contributed by atoms with van der Waals surface area (Å²) < 4.78 is 0. The van der Waals surface area contributed by atoms with Gasteiger partial charge >= 0.3 is 0 Å². The molecule has 0 saturated carbocycles. The van der Waals surface area contributed by atoms with E-state index >= 15 is 0 Å². The predicted molar refractivity (Wildman–Crippen MR) is 200 cm³/mol. The fraction of sp³-hybridized carbons (Fsp3) is 0.316. The summed E-state index contributed by atoms with van der Waals surface area (Å²) in [6.45, 7) is 17.5. The molecule has 0 spiro atoms. The molecular weight excluding hydrogens is 668 g/mol. The molecule has 0 heterocycles. The molecule has 0 aromatic heterocycles. The Bertz CT molecular complexity index is 1180. The molecule has 4 aromatic carbocycles. The number of hydrogen-bond acceptors (Lipinski definition) is 2.